The normalized spacial score (nSPS) is 21.7. The van der Waals surface area contributed by atoms with Crippen LogP contribution < -0.4 is 5.32 Å². The van der Waals surface area contributed by atoms with E-state index in [0.717, 1.165) is 12.8 Å². The Morgan fingerprint density at radius 2 is 2.00 bits per heavy atom. The van der Waals surface area contributed by atoms with Crippen molar-refractivity contribution in [1.82, 2.24) is 15.1 Å². The number of rotatable bonds is 5. The number of hydrogen-bond donors (Lipinski definition) is 1. The monoisotopic (exact) mass is 342 g/mol. The first kappa shape index (κ1) is 17.2. The van der Waals surface area contributed by atoms with Crippen molar-refractivity contribution in [2.75, 3.05) is 11.1 Å². The lowest BCUT2D eigenvalue weighted by atomic mass is 9.98. The standard InChI is InChI=1S/C14H22N4O2S2/c1-4-11(19)15-13-16-17-14(22-13)21-8-12(20)18-9(2)6-5-7-10(18)3/h9-10H,4-8H2,1-3H3,(H,15,16,19). The van der Waals surface area contributed by atoms with Crippen LogP contribution in [0.2, 0.25) is 0 Å². The minimum atomic E-state index is -0.0836. The summed E-state index contributed by atoms with van der Waals surface area (Å²) in [4.78, 5) is 25.7. The van der Waals surface area contributed by atoms with Crippen LogP contribution in [0.1, 0.15) is 46.5 Å². The van der Waals surface area contributed by atoms with Crippen LogP contribution in [-0.4, -0.2) is 44.7 Å². The first-order valence-corrected chi connectivity index (χ1v) is 9.38. The highest BCUT2D eigenvalue weighted by Gasteiger charge is 2.28. The summed E-state index contributed by atoms with van der Waals surface area (Å²) in [5, 5.41) is 11.1. The highest BCUT2D eigenvalue weighted by Crippen LogP contribution is 2.28. The number of anilines is 1. The molecule has 0 radical (unpaired) electrons. The molecule has 0 saturated carbocycles. The van der Waals surface area contributed by atoms with E-state index in [0.29, 0.717) is 33.7 Å². The Hall–Kier alpha value is -1.15. The summed E-state index contributed by atoms with van der Waals surface area (Å²) in [6.07, 6.45) is 3.75. The van der Waals surface area contributed by atoms with Crippen molar-refractivity contribution in [3.63, 3.8) is 0 Å². The van der Waals surface area contributed by atoms with Crippen molar-refractivity contribution < 1.29 is 9.59 Å². The van der Waals surface area contributed by atoms with Gasteiger partial charge in [-0.3, -0.25) is 9.59 Å². The lowest BCUT2D eigenvalue weighted by Gasteiger charge is -2.39. The average molecular weight is 342 g/mol. The maximum absolute atomic E-state index is 12.4. The lowest BCUT2D eigenvalue weighted by Crippen LogP contribution is -2.48. The second-order valence-electron chi connectivity index (χ2n) is 5.49. The van der Waals surface area contributed by atoms with Gasteiger partial charge in [0, 0.05) is 18.5 Å². The number of carbonyl (C=O) groups excluding carboxylic acids is 2. The molecule has 1 fully saturated rings. The summed E-state index contributed by atoms with van der Waals surface area (Å²) in [6, 6.07) is 0.622. The second-order valence-corrected chi connectivity index (χ2v) is 7.69. The highest BCUT2D eigenvalue weighted by atomic mass is 32.2. The van der Waals surface area contributed by atoms with Crippen LogP contribution in [0.5, 0.6) is 0 Å². The molecule has 0 aliphatic carbocycles. The smallest absolute Gasteiger partial charge is 0.233 e. The quantitative estimate of drug-likeness (QED) is 0.658. The van der Waals surface area contributed by atoms with Crippen LogP contribution in [0.15, 0.2) is 4.34 Å². The van der Waals surface area contributed by atoms with Gasteiger partial charge in [0.25, 0.3) is 0 Å². The molecule has 2 unspecified atom stereocenters. The second kappa shape index (κ2) is 7.92. The molecule has 1 aliphatic rings. The first-order valence-electron chi connectivity index (χ1n) is 7.58. The zero-order valence-corrected chi connectivity index (χ0v) is 14.8. The Morgan fingerprint density at radius 1 is 1.32 bits per heavy atom. The van der Waals surface area contributed by atoms with Crippen LogP contribution >= 0.6 is 23.1 Å². The fourth-order valence-corrected chi connectivity index (χ4v) is 4.27. The van der Waals surface area contributed by atoms with Crippen LogP contribution in [0.25, 0.3) is 0 Å². The van der Waals surface area contributed by atoms with E-state index in [1.165, 1.54) is 29.5 Å². The van der Waals surface area contributed by atoms with E-state index >= 15 is 0 Å². The van der Waals surface area contributed by atoms with Gasteiger partial charge in [0.15, 0.2) is 4.34 Å². The maximum atomic E-state index is 12.4. The molecule has 2 amide bonds. The maximum Gasteiger partial charge on any atom is 0.233 e. The number of nitrogens with one attached hydrogen (secondary N) is 1. The third kappa shape index (κ3) is 4.42. The SMILES string of the molecule is CCC(=O)Nc1nnc(SCC(=O)N2C(C)CCCC2C)s1. The number of nitrogens with zero attached hydrogens (tertiary/aromatic N) is 3. The van der Waals surface area contributed by atoms with Crippen molar-refractivity contribution >= 4 is 40.0 Å². The van der Waals surface area contributed by atoms with Gasteiger partial charge in [-0.05, 0) is 33.1 Å². The summed E-state index contributed by atoms with van der Waals surface area (Å²) in [5.74, 6) is 0.434. The summed E-state index contributed by atoms with van der Waals surface area (Å²) >= 11 is 2.69. The molecule has 2 rings (SSSR count). The molecule has 6 nitrogen and oxygen atoms in total. The third-order valence-electron chi connectivity index (χ3n) is 3.77. The molecule has 0 bridgehead atoms. The van der Waals surface area contributed by atoms with Gasteiger partial charge in [0.05, 0.1) is 5.75 Å². The van der Waals surface area contributed by atoms with Gasteiger partial charge in [0.2, 0.25) is 16.9 Å². The van der Waals surface area contributed by atoms with E-state index in [1.54, 1.807) is 6.92 Å². The van der Waals surface area contributed by atoms with Crippen molar-refractivity contribution in [1.29, 1.82) is 0 Å². The fraction of sp³-hybridized carbons (Fsp3) is 0.714. The van der Waals surface area contributed by atoms with Crippen molar-refractivity contribution in [3.05, 3.63) is 0 Å². The minimum Gasteiger partial charge on any atom is -0.337 e. The first-order chi connectivity index (χ1) is 10.5. The number of likely N-dealkylation sites (tertiary alicyclic amines) is 1. The zero-order valence-electron chi connectivity index (χ0n) is 13.2. The summed E-state index contributed by atoms with van der Waals surface area (Å²) in [7, 11) is 0. The Bertz CT molecular complexity index is 525. The number of aromatic nitrogens is 2. The van der Waals surface area contributed by atoms with Gasteiger partial charge >= 0.3 is 0 Å². The van der Waals surface area contributed by atoms with Crippen molar-refractivity contribution in [2.45, 2.75) is 62.9 Å². The van der Waals surface area contributed by atoms with E-state index in [9.17, 15) is 9.59 Å². The molecule has 8 heteroatoms. The van der Waals surface area contributed by atoms with Gasteiger partial charge in [-0.2, -0.15) is 0 Å². The number of thioether (sulfide) groups is 1. The predicted octanol–water partition coefficient (Wildman–Crippen LogP) is 2.77. The number of amides is 2. The summed E-state index contributed by atoms with van der Waals surface area (Å²) in [5.41, 5.74) is 0. The molecule has 2 heterocycles. The van der Waals surface area contributed by atoms with E-state index in [1.807, 2.05) is 4.90 Å². The number of piperidine rings is 1. The van der Waals surface area contributed by atoms with Crippen LogP contribution in [0.4, 0.5) is 5.13 Å². The molecule has 0 spiro atoms. The molecule has 1 N–H and O–H groups in total. The van der Waals surface area contributed by atoms with Gasteiger partial charge in [-0.1, -0.05) is 30.0 Å². The topological polar surface area (TPSA) is 75.2 Å². The van der Waals surface area contributed by atoms with Gasteiger partial charge in [0.1, 0.15) is 0 Å². The van der Waals surface area contributed by atoms with E-state index < -0.39 is 0 Å². The predicted molar refractivity (Wildman–Crippen MR) is 89.2 cm³/mol. The molecule has 0 aromatic carbocycles. The van der Waals surface area contributed by atoms with Crippen molar-refractivity contribution in [2.24, 2.45) is 0 Å². The van der Waals surface area contributed by atoms with Gasteiger partial charge < -0.3 is 10.2 Å². The Balaban J connectivity index is 1.87. The minimum absolute atomic E-state index is 0.0836. The van der Waals surface area contributed by atoms with Gasteiger partial charge in [-0.15, -0.1) is 10.2 Å². The van der Waals surface area contributed by atoms with Crippen molar-refractivity contribution in [3.8, 4) is 0 Å². The third-order valence-corrected chi connectivity index (χ3v) is 5.73. The molecule has 122 valence electrons. The largest absolute Gasteiger partial charge is 0.337 e. The number of carbonyl (C=O) groups is 2. The van der Waals surface area contributed by atoms with Crippen LogP contribution in [0.3, 0.4) is 0 Å². The van der Waals surface area contributed by atoms with E-state index in [4.69, 9.17) is 0 Å². The molecule has 22 heavy (non-hydrogen) atoms. The molecular formula is C14H22N4O2S2. The molecule has 2 atom stereocenters. The Kier molecular flexibility index (Phi) is 6.19. The highest BCUT2D eigenvalue weighted by molar-refractivity contribution is 8.01. The lowest BCUT2D eigenvalue weighted by molar-refractivity contribution is -0.134. The zero-order chi connectivity index (χ0) is 16.1. The Labute approximate surface area is 139 Å². The summed E-state index contributed by atoms with van der Waals surface area (Å²) in [6.45, 7) is 6.01. The molecule has 1 aromatic heterocycles. The van der Waals surface area contributed by atoms with Gasteiger partial charge in [-0.25, -0.2) is 0 Å². The fourth-order valence-electron chi connectivity index (χ4n) is 2.64. The van der Waals surface area contributed by atoms with E-state index in [-0.39, 0.29) is 11.8 Å². The molecule has 1 aliphatic heterocycles. The van der Waals surface area contributed by atoms with Crippen LogP contribution in [0, 0.1) is 0 Å². The molecular weight excluding hydrogens is 320 g/mol. The average Bonchev–Trinajstić information content (AvgIpc) is 2.92. The van der Waals surface area contributed by atoms with E-state index in [2.05, 4.69) is 29.4 Å². The summed E-state index contributed by atoms with van der Waals surface area (Å²) < 4.78 is 0.706. The Morgan fingerprint density at radius 3 is 2.64 bits per heavy atom. The number of hydrogen-bond acceptors (Lipinski definition) is 6. The van der Waals surface area contributed by atoms with Crippen LogP contribution in [-0.2, 0) is 9.59 Å². The molecule has 1 aromatic rings. The molecule has 1 saturated heterocycles.